The van der Waals surface area contributed by atoms with E-state index in [4.69, 9.17) is 11.6 Å². The monoisotopic (exact) mass is 434 g/mol. The number of rotatable bonds is 6. The highest BCUT2D eigenvalue weighted by atomic mass is 35.5. The Morgan fingerprint density at radius 3 is 2.57 bits per heavy atom. The van der Waals surface area contributed by atoms with Gasteiger partial charge in [-0.3, -0.25) is 0 Å². The summed E-state index contributed by atoms with van der Waals surface area (Å²) >= 11 is 6.31. The first-order valence-corrected chi connectivity index (χ1v) is 9.68. The van der Waals surface area contributed by atoms with Crippen molar-refractivity contribution in [2.45, 2.75) is 32.2 Å². The molecule has 3 aromatic rings. The van der Waals surface area contributed by atoms with Crippen molar-refractivity contribution >= 4 is 29.1 Å². The number of aryl methyl sites for hydroxylation is 1. The number of aromatic nitrogens is 2. The summed E-state index contributed by atoms with van der Waals surface area (Å²) in [7, 11) is 0. The molecule has 1 heterocycles. The van der Waals surface area contributed by atoms with Crippen LogP contribution in [0.2, 0.25) is 5.02 Å². The predicted molar refractivity (Wildman–Crippen MR) is 110 cm³/mol. The van der Waals surface area contributed by atoms with E-state index >= 15 is 0 Å². The zero-order chi connectivity index (χ0) is 21.3. The molecule has 0 spiro atoms. The number of ether oxygens (including phenoxy) is 1. The Bertz CT molecular complexity index is 1070. The van der Waals surface area contributed by atoms with Crippen molar-refractivity contribution in [3.8, 4) is 17.0 Å². The second-order valence-corrected chi connectivity index (χ2v) is 7.47. The third kappa shape index (κ3) is 5.33. The van der Waals surface area contributed by atoms with Crippen LogP contribution >= 0.6 is 11.6 Å². The van der Waals surface area contributed by atoms with Gasteiger partial charge < -0.3 is 15.4 Å². The maximum Gasteiger partial charge on any atom is 0.573 e. The molecule has 1 aliphatic rings. The van der Waals surface area contributed by atoms with Crippen LogP contribution in [0.5, 0.6) is 5.75 Å². The summed E-state index contributed by atoms with van der Waals surface area (Å²) < 4.78 is 41.8. The largest absolute Gasteiger partial charge is 0.573 e. The molecule has 30 heavy (non-hydrogen) atoms. The third-order valence-corrected chi connectivity index (χ3v) is 4.70. The summed E-state index contributed by atoms with van der Waals surface area (Å²) in [6.45, 7) is 1.94. The molecule has 0 unspecified atom stereocenters. The molecule has 0 aliphatic heterocycles. The standard InChI is InChI=1S/C21H18ClF3N4O/c1-12-5-8-17(16(22)9-12)27-19-11-18(28-20(29-19)26-14-6-7-14)13-3-2-4-15(10-13)30-21(23,24)25/h2-5,8-11,14H,6-7H2,1H3,(H2,26,27,28,29). The van der Waals surface area contributed by atoms with Crippen LogP contribution < -0.4 is 15.4 Å². The van der Waals surface area contributed by atoms with Crippen molar-refractivity contribution in [2.75, 3.05) is 10.6 Å². The zero-order valence-electron chi connectivity index (χ0n) is 15.9. The van der Waals surface area contributed by atoms with E-state index in [0.717, 1.165) is 18.4 Å². The average Bonchev–Trinajstić information content (AvgIpc) is 3.47. The maximum atomic E-state index is 12.6. The van der Waals surface area contributed by atoms with Crippen molar-refractivity contribution in [1.82, 2.24) is 9.97 Å². The number of hydrogen-bond acceptors (Lipinski definition) is 5. The Labute approximate surface area is 176 Å². The second kappa shape index (κ2) is 8.02. The lowest BCUT2D eigenvalue weighted by Crippen LogP contribution is -2.17. The van der Waals surface area contributed by atoms with Crippen molar-refractivity contribution in [3.05, 3.63) is 59.1 Å². The van der Waals surface area contributed by atoms with E-state index in [1.165, 1.54) is 18.2 Å². The summed E-state index contributed by atoms with van der Waals surface area (Å²) in [5.74, 6) is 0.547. The van der Waals surface area contributed by atoms with E-state index in [1.54, 1.807) is 12.1 Å². The van der Waals surface area contributed by atoms with Crippen LogP contribution in [0.1, 0.15) is 18.4 Å². The van der Waals surface area contributed by atoms with E-state index in [-0.39, 0.29) is 5.75 Å². The highest BCUT2D eigenvalue weighted by Crippen LogP contribution is 2.32. The molecular formula is C21H18ClF3N4O. The van der Waals surface area contributed by atoms with E-state index in [9.17, 15) is 13.2 Å². The fraction of sp³-hybridized carbons (Fsp3) is 0.238. The summed E-state index contributed by atoms with van der Waals surface area (Å²) in [6.07, 6.45) is -2.72. The fourth-order valence-electron chi connectivity index (χ4n) is 2.85. The summed E-state index contributed by atoms with van der Waals surface area (Å²) in [6, 6.07) is 13.2. The smallest absolute Gasteiger partial charge is 0.406 e. The summed E-state index contributed by atoms with van der Waals surface area (Å²) in [4.78, 5) is 8.94. The van der Waals surface area contributed by atoms with Crippen LogP contribution in [-0.4, -0.2) is 22.4 Å². The minimum atomic E-state index is -4.77. The molecule has 5 nitrogen and oxygen atoms in total. The van der Waals surface area contributed by atoms with Crippen molar-refractivity contribution in [3.63, 3.8) is 0 Å². The fourth-order valence-corrected chi connectivity index (χ4v) is 3.13. The lowest BCUT2D eigenvalue weighted by Gasteiger charge is -2.13. The van der Waals surface area contributed by atoms with Gasteiger partial charge in [0.1, 0.15) is 11.6 Å². The van der Waals surface area contributed by atoms with Crippen molar-refractivity contribution in [1.29, 1.82) is 0 Å². The lowest BCUT2D eigenvalue weighted by molar-refractivity contribution is -0.274. The van der Waals surface area contributed by atoms with Crippen molar-refractivity contribution < 1.29 is 17.9 Å². The Morgan fingerprint density at radius 1 is 1.07 bits per heavy atom. The summed E-state index contributed by atoms with van der Waals surface area (Å²) in [5, 5.41) is 6.92. The Balaban J connectivity index is 1.68. The SMILES string of the molecule is Cc1ccc(Nc2cc(-c3cccc(OC(F)(F)F)c3)nc(NC3CC3)n2)c(Cl)c1. The van der Waals surface area contributed by atoms with Crippen LogP contribution in [0, 0.1) is 6.92 Å². The molecule has 0 bridgehead atoms. The quantitative estimate of drug-likeness (QED) is 0.475. The van der Waals surface area contributed by atoms with E-state index in [0.29, 0.717) is 39.8 Å². The molecule has 1 saturated carbocycles. The van der Waals surface area contributed by atoms with Gasteiger partial charge in [-0.1, -0.05) is 29.8 Å². The highest BCUT2D eigenvalue weighted by molar-refractivity contribution is 6.33. The van der Waals surface area contributed by atoms with Crippen molar-refractivity contribution in [2.24, 2.45) is 0 Å². The second-order valence-electron chi connectivity index (χ2n) is 7.06. The first kappa shape index (κ1) is 20.3. The first-order valence-electron chi connectivity index (χ1n) is 9.30. The number of anilines is 3. The van der Waals surface area contributed by atoms with Crippen LogP contribution in [0.4, 0.5) is 30.6 Å². The summed E-state index contributed by atoms with van der Waals surface area (Å²) in [5.41, 5.74) is 2.60. The molecule has 1 fully saturated rings. The topological polar surface area (TPSA) is 59.1 Å². The average molecular weight is 435 g/mol. The molecule has 1 aromatic heterocycles. The molecule has 2 aromatic carbocycles. The Hall–Kier alpha value is -3.00. The maximum absolute atomic E-state index is 12.6. The van der Waals surface area contributed by atoms with Gasteiger partial charge in [0.15, 0.2) is 0 Å². The first-order chi connectivity index (χ1) is 14.2. The number of alkyl halides is 3. The molecule has 156 valence electrons. The lowest BCUT2D eigenvalue weighted by atomic mass is 10.1. The molecule has 9 heteroatoms. The van der Waals surface area contributed by atoms with Crippen LogP contribution in [0.15, 0.2) is 48.5 Å². The molecular weight excluding hydrogens is 417 g/mol. The van der Waals surface area contributed by atoms with Gasteiger partial charge >= 0.3 is 6.36 Å². The zero-order valence-corrected chi connectivity index (χ0v) is 16.7. The van der Waals surface area contributed by atoms with Gasteiger partial charge in [0, 0.05) is 17.7 Å². The number of nitrogens with zero attached hydrogens (tertiary/aromatic N) is 2. The highest BCUT2D eigenvalue weighted by Gasteiger charge is 2.31. The number of nitrogens with one attached hydrogen (secondary N) is 2. The van der Waals surface area contributed by atoms with Gasteiger partial charge in [-0.15, -0.1) is 13.2 Å². The van der Waals surface area contributed by atoms with Crippen LogP contribution in [0.3, 0.4) is 0 Å². The Kier molecular flexibility index (Phi) is 5.42. The van der Waals surface area contributed by atoms with Gasteiger partial charge in [-0.25, -0.2) is 4.98 Å². The molecule has 4 rings (SSSR count). The number of halogens is 4. The minimum Gasteiger partial charge on any atom is -0.406 e. The predicted octanol–water partition coefficient (Wildman–Crippen LogP) is 6.32. The minimum absolute atomic E-state index is 0.302. The molecule has 1 aliphatic carbocycles. The Morgan fingerprint density at radius 2 is 1.87 bits per heavy atom. The van der Waals surface area contributed by atoms with E-state index in [1.807, 2.05) is 25.1 Å². The number of hydrogen-bond donors (Lipinski definition) is 2. The van der Waals surface area contributed by atoms with E-state index < -0.39 is 6.36 Å². The molecule has 0 atom stereocenters. The number of benzene rings is 2. The van der Waals surface area contributed by atoms with Gasteiger partial charge in [0.2, 0.25) is 5.95 Å². The van der Waals surface area contributed by atoms with Crippen LogP contribution in [-0.2, 0) is 0 Å². The molecule has 2 N–H and O–H groups in total. The van der Waals surface area contributed by atoms with Crippen LogP contribution in [0.25, 0.3) is 11.3 Å². The normalized spacial score (nSPS) is 13.8. The molecule has 0 amide bonds. The third-order valence-electron chi connectivity index (χ3n) is 4.39. The van der Waals surface area contributed by atoms with Gasteiger partial charge in [0.25, 0.3) is 0 Å². The van der Waals surface area contributed by atoms with Gasteiger partial charge in [-0.05, 0) is 49.6 Å². The van der Waals surface area contributed by atoms with E-state index in [2.05, 4.69) is 25.3 Å². The molecule has 0 radical (unpaired) electrons. The molecule has 0 saturated heterocycles. The van der Waals surface area contributed by atoms with Gasteiger partial charge in [0.05, 0.1) is 16.4 Å². The van der Waals surface area contributed by atoms with Gasteiger partial charge in [-0.2, -0.15) is 4.98 Å².